The predicted octanol–water partition coefficient (Wildman–Crippen LogP) is 1.23. The van der Waals surface area contributed by atoms with Crippen LogP contribution in [0.3, 0.4) is 0 Å². The third-order valence-corrected chi connectivity index (χ3v) is 4.08. The van der Waals surface area contributed by atoms with Gasteiger partial charge in [-0.15, -0.1) is 0 Å². The minimum atomic E-state index is 0.420. The number of rotatable bonds is 4. The first-order valence-corrected chi connectivity index (χ1v) is 7.61. The van der Waals surface area contributed by atoms with E-state index in [-0.39, 0.29) is 0 Å². The van der Waals surface area contributed by atoms with E-state index >= 15 is 0 Å². The van der Waals surface area contributed by atoms with Crippen molar-refractivity contribution in [3.63, 3.8) is 0 Å². The molecule has 2 aromatic heterocycles. The van der Waals surface area contributed by atoms with Crippen molar-refractivity contribution in [2.75, 3.05) is 30.7 Å². The van der Waals surface area contributed by atoms with E-state index in [0.29, 0.717) is 17.8 Å². The number of piperidine rings is 1. The van der Waals surface area contributed by atoms with E-state index in [2.05, 4.69) is 32.2 Å². The Morgan fingerprint density at radius 3 is 2.81 bits per heavy atom. The molecule has 0 unspecified atom stereocenters. The van der Waals surface area contributed by atoms with Crippen LogP contribution in [0.15, 0.2) is 6.20 Å². The Morgan fingerprint density at radius 1 is 1.33 bits per heavy atom. The molecule has 0 radical (unpaired) electrons. The van der Waals surface area contributed by atoms with Crippen molar-refractivity contribution < 1.29 is 0 Å². The minimum absolute atomic E-state index is 0.420. The molecule has 0 amide bonds. The highest BCUT2D eigenvalue weighted by atomic mass is 15.3. The number of nitrogen functional groups attached to an aromatic ring is 1. The van der Waals surface area contributed by atoms with Crippen molar-refractivity contribution in [3.05, 3.63) is 6.20 Å². The van der Waals surface area contributed by atoms with E-state index in [1.807, 2.05) is 7.05 Å². The number of aromatic nitrogens is 4. The molecule has 3 heterocycles. The molecule has 2 aromatic rings. The highest BCUT2D eigenvalue weighted by Gasteiger charge is 2.19. The smallest absolute Gasteiger partial charge is 0.226 e. The highest BCUT2D eigenvalue weighted by molar-refractivity contribution is 5.86. The fourth-order valence-electron chi connectivity index (χ4n) is 2.91. The molecule has 0 aliphatic carbocycles. The number of anilines is 2. The third kappa shape index (κ3) is 2.92. The predicted molar refractivity (Wildman–Crippen MR) is 84.1 cm³/mol. The summed E-state index contributed by atoms with van der Waals surface area (Å²) in [6.07, 6.45) is 5.16. The topological polar surface area (TPSA) is 84.9 Å². The van der Waals surface area contributed by atoms with E-state index < -0.39 is 0 Å². The zero-order valence-corrected chi connectivity index (χ0v) is 12.7. The molecule has 3 N–H and O–H groups in total. The minimum Gasteiger partial charge on any atom is -0.383 e. The number of likely N-dealkylation sites (tertiary alicyclic amines) is 1. The molecule has 1 saturated heterocycles. The fraction of sp³-hybridized carbons (Fsp3) is 0.643. The zero-order valence-electron chi connectivity index (χ0n) is 12.7. The molecule has 1 fully saturated rings. The number of nitrogens with one attached hydrogen (secondary N) is 1. The molecule has 0 saturated carbocycles. The van der Waals surface area contributed by atoms with Gasteiger partial charge in [0.05, 0.1) is 11.6 Å². The molecule has 114 valence electrons. The lowest BCUT2D eigenvalue weighted by atomic mass is 10.1. The number of hydrogen-bond acceptors (Lipinski definition) is 6. The van der Waals surface area contributed by atoms with Crippen LogP contribution in [-0.4, -0.2) is 50.3 Å². The summed E-state index contributed by atoms with van der Waals surface area (Å²) < 4.78 is 1.72. The van der Waals surface area contributed by atoms with Crippen LogP contribution in [0.25, 0.3) is 11.0 Å². The standard InChI is InChI=1S/C14H23N7/c1-3-6-21-7-4-10(5-8-21)17-14-18-12(15)11-9-16-20(2)13(11)19-14/h9-10H,3-8H2,1-2H3,(H3,15,17,18,19). The van der Waals surface area contributed by atoms with Gasteiger partial charge in [0.2, 0.25) is 5.95 Å². The van der Waals surface area contributed by atoms with Crippen molar-refractivity contribution in [3.8, 4) is 0 Å². The fourth-order valence-corrected chi connectivity index (χ4v) is 2.91. The van der Waals surface area contributed by atoms with Crippen LogP contribution >= 0.6 is 0 Å². The molecule has 7 heteroatoms. The first-order valence-electron chi connectivity index (χ1n) is 7.61. The average Bonchev–Trinajstić information content (AvgIpc) is 2.84. The van der Waals surface area contributed by atoms with E-state index in [9.17, 15) is 0 Å². The molecular formula is C14H23N7. The Morgan fingerprint density at radius 2 is 2.10 bits per heavy atom. The lowest BCUT2D eigenvalue weighted by Crippen LogP contribution is -2.39. The largest absolute Gasteiger partial charge is 0.383 e. The Balaban J connectivity index is 1.69. The molecule has 0 aromatic carbocycles. The maximum absolute atomic E-state index is 5.98. The molecule has 0 atom stereocenters. The van der Waals surface area contributed by atoms with Crippen molar-refractivity contribution in [1.82, 2.24) is 24.6 Å². The molecule has 0 spiro atoms. The quantitative estimate of drug-likeness (QED) is 0.880. The van der Waals surface area contributed by atoms with Crippen LogP contribution in [0.1, 0.15) is 26.2 Å². The highest BCUT2D eigenvalue weighted by Crippen LogP contribution is 2.20. The monoisotopic (exact) mass is 289 g/mol. The first kappa shape index (κ1) is 14.1. The summed E-state index contributed by atoms with van der Waals surface area (Å²) in [6.45, 7) is 5.69. The van der Waals surface area contributed by atoms with Crippen LogP contribution in [0.2, 0.25) is 0 Å². The zero-order chi connectivity index (χ0) is 14.8. The summed E-state index contributed by atoms with van der Waals surface area (Å²) in [6, 6.07) is 0.420. The van der Waals surface area contributed by atoms with E-state index in [0.717, 1.165) is 37.0 Å². The molecule has 7 nitrogen and oxygen atoms in total. The number of fused-ring (bicyclic) bond motifs is 1. The molecular weight excluding hydrogens is 266 g/mol. The summed E-state index contributed by atoms with van der Waals surface area (Å²) in [5, 5.41) is 8.40. The van der Waals surface area contributed by atoms with E-state index in [4.69, 9.17) is 5.73 Å². The molecule has 1 aliphatic rings. The Kier molecular flexibility index (Phi) is 3.92. The van der Waals surface area contributed by atoms with Gasteiger partial charge in [-0.25, -0.2) is 0 Å². The van der Waals surface area contributed by atoms with E-state index in [1.165, 1.54) is 13.0 Å². The van der Waals surface area contributed by atoms with Crippen molar-refractivity contribution in [2.24, 2.45) is 7.05 Å². The molecule has 0 bridgehead atoms. The second-order valence-corrected chi connectivity index (χ2v) is 5.70. The number of nitrogens with zero attached hydrogens (tertiary/aromatic N) is 5. The number of nitrogens with two attached hydrogens (primary N) is 1. The lowest BCUT2D eigenvalue weighted by molar-refractivity contribution is 0.219. The van der Waals surface area contributed by atoms with Gasteiger partial charge in [0.25, 0.3) is 0 Å². The molecule has 3 rings (SSSR count). The van der Waals surface area contributed by atoms with Crippen molar-refractivity contribution in [2.45, 2.75) is 32.2 Å². The summed E-state index contributed by atoms with van der Waals surface area (Å²) in [5.41, 5.74) is 6.76. The third-order valence-electron chi connectivity index (χ3n) is 4.08. The van der Waals surface area contributed by atoms with Crippen LogP contribution < -0.4 is 11.1 Å². The van der Waals surface area contributed by atoms with Gasteiger partial charge in [-0.2, -0.15) is 15.1 Å². The van der Waals surface area contributed by atoms with Crippen LogP contribution in [0.4, 0.5) is 11.8 Å². The van der Waals surface area contributed by atoms with Gasteiger partial charge in [0.15, 0.2) is 5.65 Å². The Hall–Kier alpha value is -1.89. The SMILES string of the molecule is CCCN1CCC(Nc2nc(N)c3cnn(C)c3n2)CC1. The second-order valence-electron chi connectivity index (χ2n) is 5.70. The van der Waals surface area contributed by atoms with Gasteiger partial charge in [-0.3, -0.25) is 4.68 Å². The van der Waals surface area contributed by atoms with E-state index in [1.54, 1.807) is 10.9 Å². The van der Waals surface area contributed by atoms with Gasteiger partial charge < -0.3 is 16.0 Å². The summed E-state index contributed by atoms with van der Waals surface area (Å²) >= 11 is 0. The van der Waals surface area contributed by atoms with Crippen molar-refractivity contribution >= 4 is 22.8 Å². The Labute approximate surface area is 124 Å². The van der Waals surface area contributed by atoms with Crippen LogP contribution in [0.5, 0.6) is 0 Å². The Bertz CT molecular complexity index is 613. The number of aryl methyl sites for hydroxylation is 1. The summed E-state index contributed by atoms with van der Waals surface area (Å²) in [5.74, 6) is 1.09. The normalized spacial score (nSPS) is 17.4. The first-order chi connectivity index (χ1) is 10.2. The van der Waals surface area contributed by atoms with Crippen molar-refractivity contribution in [1.29, 1.82) is 0 Å². The maximum atomic E-state index is 5.98. The molecule has 21 heavy (non-hydrogen) atoms. The van der Waals surface area contributed by atoms with Gasteiger partial charge in [0.1, 0.15) is 5.82 Å². The van der Waals surface area contributed by atoms with Crippen LogP contribution in [0, 0.1) is 0 Å². The number of hydrogen-bond donors (Lipinski definition) is 2. The van der Waals surface area contributed by atoms with Gasteiger partial charge in [0, 0.05) is 26.2 Å². The maximum Gasteiger partial charge on any atom is 0.226 e. The average molecular weight is 289 g/mol. The second kappa shape index (κ2) is 5.85. The van der Waals surface area contributed by atoms with Crippen LogP contribution in [-0.2, 0) is 7.05 Å². The summed E-state index contributed by atoms with van der Waals surface area (Å²) in [4.78, 5) is 11.4. The molecule has 1 aliphatic heterocycles. The van der Waals surface area contributed by atoms with Gasteiger partial charge in [-0.05, 0) is 25.8 Å². The summed E-state index contributed by atoms with van der Waals surface area (Å²) in [7, 11) is 1.86. The van der Waals surface area contributed by atoms with Gasteiger partial charge in [-0.1, -0.05) is 6.92 Å². The van der Waals surface area contributed by atoms with Gasteiger partial charge >= 0.3 is 0 Å². The lowest BCUT2D eigenvalue weighted by Gasteiger charge is -2.32.